The summed E-state index contributed by atoms with van der Waals surface area (Å²) in [4.78, 5) is 0. The number of hydrogen-bond acceptors (Lipinski definition) is 4. The van der Waals surface area contributed by atoms with Gasteiger partial charge in [-0.2, -0.15) is 0 Å². The van der Waals surface area contributed by atoms with Gasteiger partial charge in [0.05, 0.1) is 0 Å². The molecule has 0 aliphatic carbocycles. The highest BCUT2D eigenvalue weighted by molar-refractivity contribution is 5.31. The molecule has 0 aliphatic rings. The summed E-state index contributed by atoms with van der Waals surface area (Å²) in [7, 11) is 0. The highest BCUT2D eigenvalue weighted by atomic mass is 16.5. The van der Waals surface area contributed by atoms with Crippen LogP contribution in [0.25, 0.3) is 0 Å². The van der Waals surface area contributed by atoms with E-state index in [2.05, 4.69) is 12.2 Å². The first-order valence-corrected chi connectivity index (χ1v) is 8.42. The average molecular weight is 329 g/mol. The van der Waals surface area contributed by atoms with Gasteiger partial charge in [-0.1, -0.05) is 37.3 Å². The standard InChI is InChI=1S/C20H27NO3/c1-3-13-21-15-20(2,22)16-24-19-11-9-18(10-12-19)23-14-17-7-5-4-6-8-17/h4-12,21-22H,3,13-16H2,1-2H3. The van der Waals surface area contributed by atoms with E-state index in [1.807, 2.05) is 54.6 Å². The SMILES string of the molecule is CCCNCC(C)(O)COc1ccc(OCc2ccccc2)cc1. The van der Waals surface area contributed by atoms with E-state index in [0.29, 0.717) is 13.2 Å². The lowest BCUT2D eigenvalue weighted by Gasteiger charge is -2.24. The molecule has 0 saturated carbocycles. The molecule has 0 radical (unpaired) electrons. The van der Waals surface area contributed by atoms with Crippen molar-refractivity contribution >= 4 is 0 Å². The fraction of sp³-hybridized carbons (Fsp3) is 0.400. The first-order valence-electron chi connectivity index (χ1n) is 8.42. The van der Waals surface area contributed by atoms with E-state index < -0.39 is 5.60 Å². The number of aliphatic hydroxyl groups is 1. The van der Waals surface area contributed by atoms with Crippen LogP contribution < -0.4 is 14.8 Å². The van der Waals surface area contributed by atoms with Crippen molar-refractivity contribution in [2.75, 3.05) is 19.7 Å². The molecule has 0 aliphatic heterocycles. The van der Waals surface area contributed by atoms with Crippen LogP contribution in [0, 0.1) is 0 Å². The molecule has 0 bridgehead atoms. The van der Waals surface area contributed by atoms with E-state index in [9.17, 15) is 5.11 Å². The second-order valence-electron chi connectivity index (χ2n) is 6.21. The lowest BCUT2D eigenvalue weighted by molar-refractivity contribution is 0.0125. The fourth-order valence-corrected chi connectivity index (χ4v) is 2.20. The number of benzene rings is 2. The summed E-state index contributed by atoms with van der Waals surface area (Å²) in [6.07, 6.45) is 1.04. The molecule has 0 spiro atoms. The molecule has 24 heavy (non-hydrogen) atoms. The van der Waals surface area contributed by atoms with E-state index >= 15 is 0 Å². The van der Waals surface area contributed by atoms with Crippen molar-refractivity contribution in [3.05, 3.63) is 60.2 Å². The maximum Gasteiger partial charge on any atom is 0.120 e. The van der Waals surface area contributed by atoms with Gasteiger partial charge in [0, 0.05) is 6.54 Å². The molecule has 2 rings (SSSR count). The number of hydrogen-bond donors (Lipinski definition) is 2. The highest BCUT2D eigenvalue weighted by Gasteiger charge is 2.20. The third-order valence-corrected chi connectivity index (χ3v) is 3.55. The Balaban J connectivity index is 1.77. The largest absolute Gasteiger partial charge is 0.491 e. The van der Waals surface area contributed by atoms with Gasteiger partial charge < -0.3 is 19.9 Å². The normalized spacial score (nSPS) is 13.3. The van der Waals surface area contributed by atoms with Gasteiger partial charge in [0.15, 0.2) is 0 Å². The van der Waals surface area contributed by atoms with Crippen LogP contribution in [0.15, 0.2) is 54.6 Å². The molecule has 0 fully saturated rings. The summed E-state index contributed by atoms with van der Waals surface area (Å²) < 4.78 is 11.4. The van der Waals surface area contributed by atoms with Gasteiger partial charge in [-0.3, -0.25) is 0 Å². The molecule has 0 aromatic heterocycles. The van der Waals surface area contributed by atoms with Crippen LogP contribution in [0.4, 0.5) is 0 Å². The molecule has 4 nitrogen and oxygen atoms in total. The predicted octanol–water partition coefficient (Wildman–Crippen LogP) is 3.40. The Morgan fingerprint density at radius 1 is 0.958 bits per heavy atom. The van der Waals surface area contributed by atoms with Crippen molar-refractivity contribution in [3.8, 4) is 11.5 Å². The molecule has 2 N–H and O–H groups in total. The maximum atomic E-state index is 10.3. The minimum Gasteiger partial charge on any atom is -0.491 e. The minimum absolute atomic E-state index is 0.244. The summed E-state index contributed by atoms with van der Waals surface area (Å²) in [5.41, 5.74) is 0.242. The number of rotatable bonds is 10. The van der Waals surface area contributed by atoms with Crippen LogP contribution in [0.2, 0.25) is 0 Å². The molecule has 1 unspecified atom stereocenters. The predicted molar refractivity (Wildman–Crippen MR) is 96.5 cm³/mol. The average Bonchev–Trinajstić information content (AvgIpc) is 2.60. The molecular weight excluding hydrogens is 302 g/mol. The number of nitrogens with one attached hydrogen (secondary N) is 1. The molecule has 2 aromatic rings. The summed E-state index contributed by atoms with van der Waals surface area (Å²) in [5, 5.41) is 13.5. The zero-order valence-electron chi connectivity index (χ0n) is 14.5. The summed E-state index contributed by atoms with van der Waals surface area (Å²) in [6.45, 7) is 6.06. The van der Waals surface area contributed by atoms with Crippen LogP contribution in [-0.4, -0.2) is 30.4 Å². The van der Waals surface area contributed by atoms with Crippen molar-refractivity contribution < 1.29 is 14.6 Å². The molecule has 4 heteroatoms. The molecule has 0 saturated heterocycles. The van der Waals surface area contributed by atoms with Crippen LogP contribution in [0.1, 0.15) is 25.8 Å². The number of ether oxygens (including phenoxy) is 2. The van der Waals surface area contributed by atoms with E-state index in [0.717, 1.165) is 30.0 Å². The van der Waals surface area contributed by atoms with Crippen molar-refractivity contribution in [3.63, 3.8) is 0 Å². The van der Waals surface area contributed by atoms with Crippen LogP contribution >= 0.6 is 0 Å². The Bertz CT molecular complexity index is 582. The minimum atomic E-state index is -0.891. The second kappa shape index (κ2) is 9.30. The van der Waals surface area contributed by atoms with Crippen molar-refractivity contribution in [2.45, 2.75) is 32.5 Å². The Kier molecular flexibility index (Phi) is 7.09. The van der Waals surface area contributed by atoms with Crippen LogP contribution in [-0.2, 0) is 6.61 Å². The Hall–Kier alpha value is -2.04. The lowest BCUT2D eigenvalue weighted by Crippen LogP contribution is -2.43. The van der Waals surface area contributed by atoms with Crippen molar-refractivity contribution in [1.29, 1.82) is 0 Å². The molecule has 130 valence electrons. The summed E-state index contributed by atoms with van der Waals surface area (Å²) in [6, 6.07) is 17.5. The van der Waals surface area contributed by atoms with E-state index in [1.165, 1.54) is 0 Å². The van der Waals surface area contributed by atoms with E-state index in [1.54, 1.807) is 6.92 Å². The Morgan fingerprint density at radius 3 is 2.21 bits per heavy atom. The van der Waals surface area contributed by atoms with Gasteiger partial charge in [-0.05, 0) is 49.7 Å². The van der Waals surface area contributed by atoms with Gasteiger partial charge >= 0.3 is 0 Å². The third kappa shape index (κ3) is 6.60. The quantitative estimate of drug-likeness (QED) is 0.656. The van der Waals surface area contributed by atoms with Gasteiger partial charge in [0.25, 0.3) is 0 Å². The Morgan fingerprint density at radius 2 is 1.58 bits per heavy atom. The monoisotopic (exact) mass is 329 g/mol. The maximum absolute atomic E-state index is 10.3. The van der Waals surface area contributed by atoms with Crippen LogP contribution in [0.3, 0.4) is 0 Å². The molecule has 0 amide bonds. The first kappa shape index (κ1) is 18.3. The van der Waals surface area contributed by atoms with E-state index in [-0.39, 0.29) is 6.61 Å². The van der Waals surface area contributed by atoms with E-state index in [4.69, 9.17) is 9.47 Å². The van der Waals surface area contributed by atoms with Crippen molar-refractivity contribution in [1.82, 2.24) is 5.32 Å². The fourth-order valence-electron chi connectivity index (χ4n) is 2.20. The zero-order valence-corrected chi connectivity index (χ0v) is 14.5. The lowest BCUT2D eigenvalue weighted by atomic mass is 10.1. The van der Waals surface area contributed by atoms with Crippen molar-refractivity contribution in [2.24, 2.45) is 0 Å². The molecule has 0 heterocycles. The van der Waals surface area contributed by atoms with Gasteiger partial charge in [-0.15, -0.1) is 0 Å². The molecular formula is C20H27NO3. The topological polar surface area (TPSA) is 50.7 Å². The third-order valence-electron chi connectivity index (χ3n) is 3.55. The highest BCUT2D eigenvalue weighted by Crippen LogP contribution is 2.19. The van der Waals surface area contributed by atoms with Gasteiger partial charge in [0.2, 0.25) is 0 Å². The second-order valence-corrected chi connectivity index (χ2v) is 6.21. The van der Waals surface area contributed by atoms with Gasteiger partial charge in [0.1, 0.15) is 30.3 Å². The summed E-state index contributed by atoms with van der Waals surface area (Å²) in [5.74, 6) is 1.51. The summed E-state index contributed by atoms with van der Waals surface area (Å²) >= 11 is 0. The smallest absolute Gasteiger partial charge is 0.120 e. The molecule has 1 atom stereocenters. The van der Waals surface area contributed by atoms with Crippen LogP contribution in [0.5, 0.6) is 11.5 Å². The Labute approximate surface area is 144 Å². The first-order chi connectivity index (χ1) is 11.6. The molecule has 2 aromatic carbocycles. The zero-order chi connectivity index (χ0) is 17.3. The van der Waals surface area contributed by atoms with Gasteiger partial charge in [-0.25, -0.2) is 0 Å².